The summed E-state index contributed by atoms with van der Waals surface area (Å²) in [5.41, 5.74) is 6.25. The Hall–Kier alpha value is -2.06. The Morgan fingerprint density at radius 2 is 2.00 bits per heavy atom. The summed E-state index contributed by atoms with van der Waals surface area (Å²) in [6.07, 6.45) is 0. The van der Waals surface area contributed by atoms with Gasteiger partial charge in [0.25, 0.3) is 10.0 Å². The molecule has 2 aromatic rings. The van der Waals surface area contributed by atoms with Crippen LogP contribution >= 0.6 is 11.3 Å². The molecule has 8 heteroatoms. The van der Waals surface area contributed by atoms with E-state index in [2.05, 4.69) is 9.46 Å². The third-order valence-corrected chi connectivity index (χ3v) is 4.93. The Labute approximate surface area is 120 Å². The van der Waals surface area contributed by atoms with Crippen molar-refractivity contribution < 1.29 is 17.9 Å². The standard InChI is InChI=1S/C12H12N2O4S2/c1-18-12(15)11-10(6-7-19-11)20(16,17)14-9-5-3-2-4-8(9)13/h2-7,14H,13H2,1H3. The van der Waals surface area contributed by atoms with Crippen molar-refractivity contribution in [3.63, 3.8) is 0 Å². The largest absolute Gasteiger partial charge is 0.465 e. The lowest BCUT2D eigenvalue weighted by Crippen LogP contribution is -2.16. The number of methoxy groups -OCH3 is 1. The zero-order chi connectivity index (χ0) is 14.8. The quantitative estimate of drug-likeness (QED) is 0.664. The highest BCUT2D eigenvalue weighted by atomic mass is 32.2. The Morgan fingerprint density at radius 3 is 2.65 bits per heavy atom. The first-order chi connectivity index (χ1) is 9.45. The van der Waals surface area contributed by atoms with Crippen LogP contribution in [0.5, 0.6) is 0 Å². The molecule has 0 aliphatic rings. The Bertz CT molecular complexity index is 737. The minimum absolute atomic E-state index is 0.0227. The van der Waals surface area contributed by atoms with Crippen molar-refractivity contribution in [3.05, 3.63) is 40.6 Å². The van der Waals surface area contributed by atoms with Crippen LogP contribution in [-0.2, 0) is 14.8 Å². The zero-order valence-electron chi connectivity index (χ0n) is 10.5. The summed E-state index contributed by atoms with van der Waals surface area (Å²) in [6, 6.07) is 7.81. The lowest BCUT2D eigenvalue weighted by Gasteiger charge is -2.10. The van der Waals surface area contributed by atoms with Crippen LogP contribution in [0.1, 0.15) is 9.67 Å². The van der Waals surface area contributed by atoms with E-state index in [1.165, 1.54) is 24.6 Å². The van der Waals surface area contributed by atoms with Crippen molar-refractivity contribution in [1.82, 2.24) is 0 Å². The van der Waals surface area contributed by atoms with E-state index in [0.717, 1.165) is 11.3 Å². The van der Waals surface area contributed by atoms with Gasteiger partial charge in [-0.2, -0.15) is 0 Å². The molecule has 1 heterocycles. The number of anilines is 2. The molecule has 0 saturated heterocycles. The van der Waals surface area contributed by atoms with Crippen LogP contribution in [0.15, 0.2) is 40.6 Å². The monoisotopic (exact) mass is 312 g/mol. The Morgan fingerprint density at radius 1 is 1.30 bits per heavy atom. The van der Waals surface area contributed by atoms with Crippen LogP contribution in [-0.4, -0.2) is 21.5 Å². The van der Waals surface area contributed by atoms with Gasteiger partial charge in [0.15, 0.2) is 0 Å². The topological polar surface area (TPSA) is 98.5 Å². The number of hydrogen-bond donors (Lipinski definition) is 2. The Kier molecular flexibility index (Phi) is 3.96. The van der Waals surface area contributed by atoms with Gasteiger partial charge in [-0.1, -0.05) is 12.1 Å². The minimum Gasteiger partial charge on any atom is -0.465 e. The first kappa shape index (κ1) is 14.4. The van der Waals surface area contributed by atoms with Gasteiger partial charge in [-0.05, 0) is 23.6 Å². The van der Waals surface area contributed by atoms with Crippen LogP contribution in [0, 0.1) is 0 Å². The van der Waals surface area contributed by atoms with E-state index in [4.69, 9.17) is 5.73 Å². The molecule has 6 nitrogen and oxygen atoms in total. The summed E-state index contributed by atoms with van der Waals surface area (Å²) in [5, 5.41) is 1.51. The smallest absolute Gasteiger partial charge is 0.349 e. The SMILES string of the molecule is COC(=O)c1sccc1S(=O)(=O)Nc1ccccc1N. The third-order valence-electron chi connectivity index (χ3n) is 2.49. The number of sulfonamides is 1. The second kappa shape index (κ2) is 5.51. The molecule has 0 amide bonds. The van der Waals surface area contributed by atoms with E-state index >= 15 is 0 Å². The summed E-state index contributed by atoms with van der Waals surface area (Å²) in [7, 11) is -2.70. The molecule has 20 heavy (non-hydrogen) atoms. The molecule has 0 aliphatic carbocycles. The predicted octanol–water partition coefficient (Wildman–Crippen LogP) is 1.92. The fourth-order valence-corrected chi connectivity index (χ4v) is 3.96. The molecule has 0 saturated carbocycles. The molecule has 106 valence electrons. The van der Waals surface area contributed by atoms with Gasteiger partial charge in [-0.3, -0.25) is 4.72 Å². The van der Waals surface area contributed by atoms with Crippen molar-refractivity contribution in [3.8, 4) is 0 Å². The fraction of sp³-hybridized carbons (Fsp3) is 0.0833. The molecule has 0 unspecified atom stereocenters. The number of benzene rings is 1. The average Bonchev–Trinajstić information content (AvgIpc) is 2.90. The fourth-order valence-electron chi connectivity index (χ4n) is 1.54. The van der Waals surface area contributed by atoms with Crippen LogP contribution < -0.4 is 10.5 Å². The molecule has 0 radical (unpaired) electrons. The number of nitrogens with two attached hydrogens (primary N) is 1. The summed E-state index contributed by atoms with van der Waals surface area (Å²) >= 11 is 0.999. The van der Waals surface area contributed by atoms with E-state index in [9.17, 15) is 13.2 Å². The number of ether oxygens (including phenoxy) is 1. The minimum atomic E-state index is -3.90. The first-order valence-electron chi connectivity index (χ1n) is 5.49. The summed E-state index contributed by atoms with van der Waals surface area (Å²) in [5.74, 6) is -0.693. The number of esters is 1. The van der Waals surface area contributed by atoms with Crippen molar-refractivity contribution >= 4 is 38.7 Å². The highest BCUT2D eigenvalue weighted by Crippen LogP contribution is 2.26. The van der Waals surface area contributed by atoms with Crippen molar-refractivity contribution in [2.24, 2.45) is 0 Å². The number of carbonyl (C=O) groups is 1. The molecular weight excluding hydrogens is 300 g/mol. The van der Waals surface area contributed by atoms with Gasteiger partial charge in [0.2, 0.25) is 0 Å². The lowest BCUT2D eigenvalue weighted by atomic mass is 10.3. The van der Waals surface area contributed by atoms with Crippen LogP contribution in [0.2, 0.25) is 0 Å². The van der Waals surface area contributed by atoms with Gasteiger partial charge in [0, 0.05) is 0 Å². The molecule has 1 aromatic carbocycles. The number of carbonyl (C=O) groups excluding carboxylic acids is 1. The summed E-state index contributed by atoms with van der Waals surface area (Å²) in [6.45, 7) is 0. The molecular formula is C12H12N2O4S2. The van der Waals surface area contributed by atoms with Crippen LogP contribution in [0.3, 0.4) is 0 Å². The normalized spacial score (nSPS) is 11.1. The van der Waals surface area contributed by atoms with E-state index in [1.54, 1.807) is 18.2 Å². The molecule has 1 aromatic heterocycles. The van der Waals surface area contributed by atoms with Gasteiger partial charge in [-0.15, -0.1) is 11.3 Å². The van der Waals surface area contributed by atoms with Gasteiger partial charge in [0.1, 0.15) is 9.77 Å². The van der Waals surface area contributed by atoms with E-state index in [-0.39, 0.29) is 15.5 Å². The number of para-hydroxylation sites is 2. The zero-order valence-corrected chi connectivity index (χ0v) is 12.1. The van der Waals surface area contributed by atoms with Crippen molar-refractivity contribution in [2.75, 3.05) is 17.6 Å². The second-order valence-corrected chi connectivity index (χ2v) is 6.37. The van der Waals surface area contributed by atoms with Crippen LogP contribution in [0.25, 0.3) is 0 Å². The van der Waals surface area contributed by atoms with Crippen molar-refractivity contribution in [1.29, 1.82) is 0 Å². The maximum atomic E-state index is 12.3. The van der Waals surface area contributed by atoms with E-state index in [0.29, 0.717) is 5.69 Å². The molecule has 0 aliphatic heterocycles. The van der Waals surface area contributed by atoms with Gasteiger partial charge < -0.3 is 10.5 Å². The number of rotatable bonds is 4. The predicted molar refractivity (Wildman–Crippen MR) is 77.3 cm³/mol. The Balaban J connectivity index is 2.40. The summed E-state index contributed by atoms with van der Waals surface area (Å²) in [4.78, 5) is 11.4. The van der Waals surface area contributed by atoms with Gasteiger partial charge >= 0.3 is 5.97 Å². The second-order valence-electron chi connectivity index (χ2n) is 3.80. The highest BCUT2D eigenvalue weighted by molar-refractivity contribution is 7.93. The molecule has 0 fully saturated rings. The summed E-state index contributed by atoms with van der Waals surface area (Å²) < 4.78 is 31.5. The number of thiophene rings is 1. The molecule has 0 spiro atoms. The highest BCUT2D eigenvalue weighted by Gasteiger charge is 2.25. The molecule has 3 N–H and O–H groups in total. The number of nitrogens with one attached hydrogen (secondary N) is 1. The van der Waals surface area contributed by atoms with Crippen molar-refractivity contribution in [2.45, 2.75) is 4.90 Å². The number of nitrogen functional groups attached to an aromatic ring is 1. The molecule has 2 rings (SSSR count). The maximum Gasteiger partial charge on any atom is 0.349 e. The van der Waals surface area contributed by atoms with Crippen LogP contribution in [0.4, 0.5) is 11.4 Å². The molecule has 0 bridgehead atoms. The molecule has 0 atom stereocenters. The lowest BCUT2D eigenvalue weighted by molar-refractivity contribution is 0.0602. The van der Waals surface area contributed by atoms with Gasteiger partial charge in [0.05, 0.1) is 18.5 Å². The van der Waals surface area contributed by atoms with Gasteiger partial charge in [-0.25, -0.2) is 13.2 Å². The average molecular weight is 312 g/mol. The first-order valence-corrected chi connectivity index (χ1v) is 7.85. The van der Waals surface area contributed by atoms with E-state index < -0.39 is 16.0 Å². The van der Waals surface area contributed by atoms with E-state index in [1.807, 2.05) is 0 Å². The maximum absolute atomic E-state index is 12.3. The third kappa shape index (κ3) is 2.75. The number of hydrogen-bond acceptors (Lipinski definition) is 6.